The maximum Gasteiger partial charge on any atom is 0.251 e. The lowest BCUT2D eigenvalue weighted by atomic mass is 10.1. The summed E-state index contributed by atoms with van der Waals surface area (Å²) in [7, 11) is 0. The van der Waals surface area contributed by atoms with Gasteiger partial charge >= 0.3 is 0 Å². The van der Waals surface area contributed by atoms with E-state index in [2.05, 4.69) is 16.4 Å². The smallest absolute Gasteiger partial charge is 0.251 e. The minimum absolute atomic E-state index is 0.0307. The number of hydrogen-bond donors (Lipinski definition) is 1. The van der Waals surface area contributed by atoms with E-state index >= 15 is 0 Å². The Morgan fingerprint density at radius 2 is 1.73 bits per heavy atom. The van der Waals surface area contributed by atoms with Crippen LogP contribution in [0.2, 0.25) is 5.02 Å². The van der Waals surface area contributed by atoms with Crippen molar-refractivity contribution in [1.82, 2.24) is 10.3 Å². The van der Waals surface area contributed by atoms with Crippen LogP contribution in [0.3, 0.4) is 0 Å². The second-order valence-electron chi connectivity index (χ2n) is 6.42. The molecule has 3 aromatic rings. The third kappa shape index (κ3) is 4.51. The highest BCUT2D eigenvalue weighted by Crippen LogP contribution is 2.29. The normalized spacial score (nSPS) is 10.8. The van der Waals surface area contributed by atoms with Gasteiger partial charge in [-0.05, 0) is 45.0 Å². The molecule has 5 heteroatoms. The fourth-order valence-corrected chi connectivity index (χ4v) is 4.07. The van der Waals surface area contributed by atoms with E-state index < -0.39 is 0 Å². The van der Waals surface area contributed by atoms with Crippen molar-refractivity contribution < 1.29 is 4.79 Å². The summed E-state index contributed by atoms with van der Waals surface area (Å²) in [6.07, 6.45) is 0.771. The lowest BCUT2D eigenvalue weighted by molar-refractivity contribution is 0.0954. The van der Waals surface area contributed by atoms with Crippen LogP contribution in [0.5, 0.6) is 0 Å². The van der Waals surface area contributed by atoms with Gasteiger partial charge in [0.2, 0.25) is 0 Å². The van der Waals surface area contributed by atoms with Crippen molar-refractivity contribution in [1.29, 1.82) is 0 Å². The van der Waals surface area contributed by atoms with Crippen molar-refractivity contribution in [3.8, 4) is 10.6 Å². The lowest BCUT2D eigenvalue weighted by Crippen LogP contribution is -2.25. The molecule has 0 aliphatic carbocycles. The summed E-state index contributed by atoms with van der Waals surface area (Å²) in [5.41, 5.74) is 4.99. The molecule has 0 bridgehead atoms. The molecule has 0 fully saturated rings. The van der Waals surface area contributed by atoms with Gasteiger partial charge in [-0.25, -0.2) is 4.98 Å². The Hall–Kier alpha value is -2.17. The first-order valence-corrected chi connectivity index (χ1v) is 9.70. The van der Waals surface area contributed by atoms with Crippen molar-refractivity contribution >= 4 is 28.8 Å². The number of benzene rings is 2. The first-order valence-electron chi connectivity index (χ1n) is 8.51. The lowest BCUT2D eigenvalue weighted by Gasteiger charge is -2.06. The Bertz CT molecular complexity index is 911. The molecule has 0 atom stereocenters. The fourth-order valence-electron chi connectivity index (χ4n) is 2.87. The maximum absolute atomic E-state index is 12.3. The van der Waals surface area contributed by atoms with E-state index in [9.17, 15) is 4.79 Å². The van der Waals surface area contributed by atoms with Crippen LogP contribution in [0, 0.1) is 20.8 Å². The largest absolute Gasteiger partial charge is 0.352 e. The van der Waals surface area contributed by atoms with Gasteiger partial charge in [-0.1, -0.05) is 40.9 Å². The molecule has 0 unspecified atom stereocenters. The molecule has 2 aromatic carbocycles. The van der Waals surface area contributed by atoms with Gasteiger partial charge in [0.25, 0.3) is 5.91 Å². The summed E-state index contributed by atoms with van der Waals surface area (Å²) in [5.74, 6) is -0.0307. The number of thiazole rings is 1. The highest BCUT2D eigenvalue weighted by atomic mass is 35.5. The SMILES string of the molecule is Cc1cc(C)cc(C(=O)NCCc2sc(-c3ccc(Cl)cc3)nc2C)c1. The number of halogens is 1. The number of amides is 1. The number of nitrogens with one attached hydrogen (secondary N) is 1. The average molecular weight is 385 g/mol. The van der Waals surface area contributed by atoms with Gasteiger partial charge in [-0.3, -0.25) is 4.79 Å². The monoisotopic (exact) mass is 384 g/mol. The summed E-state index contributed by atoms with van der Waals surface area (Å²) >= 11 is 7.61. The number of carbonyl (C=O) groups excluding carboxylic acids is 1. The van der Waals surface area contributed by atoms with Gasteiger partial charge in [0.1, 0.15) is 5.01 Å². The number of aromatic nitrogens is 1. The Balaban J connectivity index is 1.63. The molecule has 1 aromatic heterocycles. The second-order valence-corrected chi connectivity index (χ2v) is 7.94. The van der Waals surface area contributed by atoms with Gasteiger partial charge in [0.15, 0.2) is 0 Å². The zero-order valence-corrected chi connectivity index (χ0v) is 16.7. The summed E-state index contributed by atoms with van der Waals surface area (Å²) in [4.78, 5) is 18.2. The molecule has 134 valence electrons. The molecule has 0 radical (unpaired) electrons. The molecule has 1 amide bonds. The molecule has 0 aliphatic rings. The molecular formula is C21H21ClN2OS. The van der Waals surface area contributed by atoms with Crippen molar-refractivity contribution in [2.24, 2.45) is 0 Å². The third-order valence-electron chi connectivity index (χ3n) is 4.11. The Morgan fingerprint density at radius 1 is 1.08 bits per heavy atom. The van der Waals surface area contributed by atoms with Crippen LogP contribution in [0.15, 0.2) is 42.5 Å². The molecule has 1 heterocycles. The fraction of sp³-hybridized carbons (Fsp3) is 0.238. The molecule has 26 heavy (non-hydrogen) atoms. The summed E-state index contributed by atoms with van der Waals surface area (Å²) in [5, 5.41) is 4.71. The molecule has 3 nitrogen and oxygen atoms in total. The van der Waals surface area contributed by atoms with Gasteiger partial charge in [-0.15, -0.1) is 11.3 Å². The van der Waals surface area contributed by atoms with Crippen LogP contribution in [-0.4, -0.2) is 17.4 Å². The summed E-state index contributed by atoms with van der Waals surface area (Å²) in [6.45, 7) is 6.61. The van der Waals surface area contributed by atoms with Crippen LogP contribution >= 0.6 is 22.9 Å². The van der Waals surface area contributed by atoms with Crippen molar-refractivity contribution in [2.75, 3.05) is 6.54 Å². The highest BCUT2D eigenvalue weighted by molar-refractivity contribution is 7.15. The average Bonchev–Trinajstić information content (AvgIpc) is 2.95. The topological polar surface area (TPSA) is 42.0 Å². The van der Waals surface area contributed by atoms with Gasteiger partial charge in [0.05, 0.1) is 5.69 Å². The third-order valence-corrected chi connectivity index (χ3v) is 5.62. The maximum atomic E-state index is 12.3. The highest BCUT2D eigenvalue weighted by Gasteiger charge is 2.11. The number of hydrogen-bond acceptors (Lipinski definition) is 3. The van der Waals surface area contributed by atoms with Crippen LogP contribution in [-0.2, 0) is 6.42 Å². The molecule has 0 spiro atoms. The standard InChI is InChI=1S/C21H21ClN2OS/c1-13-10-14(2)12-17(11-13)20(25)23-9-8-19-15(3)24-21(26-19)16-4-6-18(22)7-5-16/h4-7,10-12H,8-9H2,1-3H3,(H,23,25). The number of carbonyl (C=O) groups is 1. The predicted molar refractivity (Wildman–Crippen MR) is 109 cm³/mol. The first kappa shape index (κ1) is 18.6. The second kappa shape index (κ2) is 8.02. The molecule has 1 N–H and O–H groups in total. The Morgan fingerprint density at radius 3 is 2.38 bits per heavy atom. The van der Waals surface area contributed by atoms with E-state index in [4.69, 9.17) is 11.6 Å². The predicted octanol–water partition coefficient (Wildman–Crippen LogP) is 5.36. The zero-order valence-electron chi connectivity index (χ0n) is 15.1. The summed E-state index contributed by atoms with van der Waals surface area (Å²) < 4.78 is 0. The van der Waals surface area contributed by atoms with Gasteiger partial charge in [-0.2, -0.15) is 0 Å². The quantitative estimate of drug-likeness (QED) is 0.643. The van der Waals surface area contributed by atoms with E-state index in [1.165, 1.54) is 4.88 Å². The van der Waals surface area contributed by atoms with E-state index in [-0.39, 0.29) is 5.91 Å². The van der Waals surface area contributed by atoms with Gasteiger partial charge in [0, 0.05) is 34.0 Å². The van der Waals surface area contributed by atoms with E-state index in [1.807, 2.05) is 57.2 Å². The van der Waals surface area contributed by atoms with Crippen molar-refractivity contribution in [3.05, 3.63) is 74.7 Å². The number of aryl methyl sites for hydroxylation is 3. The molecule has 3 rings (SSSR count). The van der Waals surface area contributed by atoms with Crippen LogP contribution < -0.4 is 5.32 Å². The van der Waals surface area contributed by atoms with E-state index in [0.29, 0.717) is 12.1 Å². The van der Waals surface area contributed by atoms with Crippen LogP contribution in [0.1, 0.15) is 32.1 Å². The molecular weight excluding hydrogens is 364 g/mol. The van der Waals surface area contributed by atoms with Crippen molar-refractivity contribution in [3.63, 3.8) is 0 Å². The van der Waals surface area contributed by atoms with Crippen LogP contribution in [0.25, 0.3) is 10.6 Å². The summed E-state index contributed by atoms with van der Waals surface area (Å²) in [6, 6.07) is 13.6. The number of nitrogens with zero attached hydrogens (tertiary/aromatic N) is 1. The Kier molecular flexibility index (Phi) is 5.74. The van der Waals surface area contributed by atoms with Crippen LogP contribution in [0.4, 0.5) is 0 Å². The Labute approximate surface area is 163 Å². The zero-order chi connectivity index (χ0) is 18.7. The molecule has 0 aliphatic heterocycles. The molecule has 0 saturated carbocycles. The number of rotatable bonds is 5. The van der Waals surface area contributed by atoms with E-state index in [1.54, 1.807) is 11.3 Å². The molecule has 0 saturated heterocycles. The minimum atomic E-state index is -0.0307. The van der Waals surface area contributed by atoms with E-state index in [0.717, 1.165) is 38.8 Å². The van der Waals surface area contributed by atoms with Crippen molar-refractivity contribution in [2.45, 2.75) is 27.2 Å². The van der Waals surface area contributed by atoms with Gasteiger partial charge < -0.3 is 5.32 Å². The minimum Gasteiger partial charge on any atom is -0.352 e. The first-order chi connectivity index (χ1) is 12.4.